The number of carbonyl (C=O) groups is 1. The molecular formula is C77H135NO18. The number of hydrogen-bond donors (Lipinski definition) is 12. The van der Waals surface area contributed by atoms with Gasteiger partial charge in [0.15, 0.2) is 18.9 Å². The highest BCUT2D eigenvalue weighted by atomic mass is 16.8. The Morgan fingerprint density at radius 3 is 1.17 bits per heavy atom. The van der Waals surface area contributed by atoms with Crippen LogP contribution in [-0.4, -0.2) is 193 Å². The van der Waals surface area contributed by atoms with Gasteiger partial charge in [-0.15, -0.1) is 0 Å². The summed E-state index contributed by atoms with van der Waals surface area (Å²) in [6.07, 6.45) is 48.4. The van der Waals surface area contributed by atoms with E-state index >= 15 is 0 Å². The highest BCUT2D eigenvalue weighted by Gasteiger charge is 2.53. The molecule has 3 aliphatic heterocycles. The van der Waals surface area contributed by atoms with Crippen LogP contribution in [0.3, 0.4) is 0 Å². The summed E-state index contributed by atoms with van der Waals surface area (Å²) in [4.78, 5) is 13.4. The standard InChI is InChI=1S/C77H135NO18/c1-3-5-7-9-11-13-15-17-19-21-23-25-27-29-31-32-34-36-38-40-42-44-46-48-50-52-54-61(82)60(78-65(83)55-53-51-49-47-45-43-41-39-37-35-33-30-28-26-24-22-20-18-16-14-12-10-8-6-4-2)59-91-75-71(89)68(86)73(63(57-80)93-75)96-77-72(90)69(87)74(64(58-81)94-77)95-76-70(88)67(85)66(84)62(56-79)92-76/h6,8,12,14,18,20,24,26,30,33,44,46,52,54,60-64,66-77,79-82,84-90H,3-5,7,9-11,13,15-17,19,21-23,25,27-29,31-32,34-43,45,47-51,53,55-59H2,1-2H3,(H,78,83)/b8-6-,14-12-,20-18-,26-24-,33-30-,46-44+,54-52+. The number of allylic oxidation sites excluding steroid dienone is 13. The number of carbonyl (C=O) groups excluding carboxylic acids is 1. The topological polar surface area (TPSA) is 307 Å². The fourth-order valence-electron chi connectivity index (χ4n) is 12.4. The van der Waals surface area contributed by atoms with E-state index in [1.807, 2.05) is 6.08 Å². The van der Waals surface area contributed by atoms with E-state index in [0.29, 0.717) is 12.8 Å². The Morgan fingerprint density at radius 1 is 0.385 bits per heavy atom. The van der Waals surface area contributed by atoms with Crippen molar-refractivity contribution in [2.45, 2.75) is 369 Å². The molecule has 3 saturated heterocycles. The predicted octanol–water partition coefficient (Wildman–Crippen LogP) is 11.4. The summed E-state index contributed by atoms with van der Waals surface area (Å²) in [7, 11) is 0. The molecule has 17 atom stereocenters. The van der Waals surface area contributed by atoms with E-state index in [-0.39, 0.29) is 18.9 Å². The largest absolute Gasteiger partial charge is 0.394 e. The van der Waals surface area contributed by atoms with Crippen molar-refractivity contribution in [3.8, 4) is 0 Å². The van der Waals surface area contributed by atoms with Crippen LogP contribution in [0.2, 0.25) is 0 Å². The molecule has 0 aromatic heterocycles. The van der Waals surface area contributed by atoms with Crippen molar-refractivity contribution in [3.63, 3.8) is 0 Å². The lowest BCUT2D eigenvalue weighted by Gasteiger charge is -2.48. The van der Waals surface area contributed by atoms with Gasteiger partial charge in [0.05, 0.1) is 38.6 Å². The van der Waals surface area contributed by atoms with E-state index < -0.39 is 124 Å². The van der Waals surface area contributed by atoms with Crippen LogP contribution in [0.15, 0.2) is 85.1 Å². The van der Waals surface area contributed by atoms with Gasteiger partial charge < -0.3 is 89.9 Å². The first-order valence-electron chi connectivity index (χ1n) is 37.8. The third kappa shape index (κ3) is 38.1. The number of aliphatic hydroxyl groups excluding tert-OH is 11. The first-order valence-corrected chi connectivity index (χ1v) is 37.8. The second-order valence-corrected chi connectivity index (χ2v) is 26.7. The minimum absolute atomic E-state index is 0.224. The van der Waals surface area contributed by atoms with Crippen molar-refractivity contribution in [1.29, 1.82) is 0 Å². The maximum atomic E-state index is 13.4. The molecule has 19 heteroatoms. The van der Waals surface area contributed by atoms with Crippen LogP contribution in [0, 0.1) is 0 Å². The van der Waals surface area contributed by atoms with Crippen LogP contribution in [-0.2, 0) is 33.2 Å². The monoisotopic (exact) mass is 1360 g/mol. The Hall–Kier alpha value is -3.03. The van der Waals surface area contributed by atoms with Crippen LogP contribution in [0.1, 0.15) is 264 Å². The molecule has 0 aliphatic carbocycles. The first-order chi connectivity index (χ1) is 46.8. The summed E-state index contributed by atoms with van der Waals surface area (Å²) in [5.41, 5.74) is 0. The van der Waals surface area contributed by atoms with E-state index in [4.69, 9.17) is 28.4 Å². The summed E-state index contributed by atoms with van der Waals surface area (Å²) in [5, 5.41) is 121. The zero-order valence-corrected chi connectivity index (χ0v) is 59.1. The lowest BCUT2D eigenvalue weighted by Crippen LogP contribution is -2.66. The zero-order chi connectivity index (χ0) is 69.6. The summed E-state index contributed by atoms with van der Waals surface area (Å²) >= 11 is 0. The van der Waals surface area contributed by atoms with E-state index in [0.717, 1.165) is 83.5 Å². The van der Waals surface area contributed by atoms with Gasteiger partial charge in [-0.1, -0.05) is 266 Å². The highest BCUT2D eigenvalue weighted by Crippen LogP contribution is 2.33. The second kappa shape index (κ2) is 57.6. The maximum Gasteiger partial charge on any atom is 0.220 e. The number of nitrogens with one attached hydrogen (secondary N) is 1. The Kier molecular flexibility index (Phi) is 52.3. The average molecular weight is 1360 g/mol. The minimum atomic E-state index is -1.99. The van der Waals surface area contributed by atoms with Gasteiger partial charge in [0.25, 0.3) is 0 Å². The van der Waals surface area contributed by atoms with Crippen molar-refractivity contribution in [3.05, 3.63) is 85.1 Å². The van der Waals surface area contributed by atoms with Crippen molar-refractivity contribution in [2.75, 3.05) is 26.4 Å². The molecule has 556 valence electrons. The molecule has 0 spiro atoms. The quantitative estimate of drug-likeness (QED) is 0.0199. The smallest absolute Gasteiger partial charge is 0.220 e. The zero-order valence-electron chi connectivity index (χ0n) is 59.1. The molecule has 0 aromatic rings. The molecule has 1 amide bonds. The molecule has 3 fully saturated rings. The van der Waals surface area contributed by atoms with Gasteiger partial charge in [0.1, 0.15) is 73.2 Å². The van der Waals surface area contributed by atoms with Crippen LogP contribution in [0.4, 0.5) is 0 Å². The molecule has 12 N–H and O–H groups in total. The summed E-state index contributed by atoms with van der Waals surface area (Å²) in [5.74, 6) is -0.293. The third-order valence-electron chi connectivity index (χ3n) is 18.4. The van der Waals surface area contributed by atoms with E-state index in [1.165, 1.54) is 148 Å². The van der Waals surface area contributed by atoms with Crippen molar-refractivity contribution < 1.29 is 89.4 Å². The van der Waals surface area contributed by atoms with Gasteiger partial charge in [-0.05, 0) is 77.0 Å². The number of ether oxygens (including phenoxy) is 6. The molecule has 3 heterocycles. The van der Waals surface area contributed by atoms with E-state index in [2.05, 4.69) is 92.1 Å². The van der Waals surface area contributed by atoms with Crippen molar-refractivity contribution >= 4 is 5.91 Å². The molecule has 3 rings (SSSR count). The maximum absolute atomic E-state index is 13.4. The highest BCUT2D eigenvalue weighted by molar-refractivity contribution is 5.76. The van der Waals surface area contributed by atoms with Gasteiger partial charge in [-0.25, -0.2) is 0 Å². The summed E-state index contributed by atoms with van der Waals surface area (Å²) in [6, 6.07) is -1.00. The molecule has 0 radical (unpaired) electrons. The van der Waals surface area contributed by atoms with Gasteiger partial charge >= 0.3 is 0 Å². The fraction of sp³-hybridized carbons (Fsp3) is 0.805. The molecule has 0 saturated carbocycles. The lowest BCUT2D eigenvalue weighted by molar-refractivity contribution is -0.379. The Balaban J connectivity index is 1.43. The van der Waals surface area contributed by atoms with Gasteiger partial charge in [0.2, 0.25) is 5.91 Å². The Morgan fingerprint density at radius 2 is 0.729 bits per heavy atom. The summed E-state index contributed by atoms with van der Waals surface area (Å²) in [6.45, 7) is 1.62. The van der Waals surface area contributed by atoms with Gasteiger partial charge in [-0.3, -0.25) is 4.79 Å². The normalized spacial score (nSPS) is 27.5. The third-order valence-corrected chi connectivity index (χ3v) is 18.4. The number of aliphatic hydroxyl groups is 11. The fourth-order valence-corrected chi connectivity index (χ4v) is 12.4. The van der Waals surface area contributed by atoms with Crippen LogP contribution < -0.4 is 5.32 Å². The Labute approximate surface area is 578 Å². The SMILES string of the molecule is CC/C=C\C/C=C\C/C=C\C/C=C\C/C=C\CCCCCCCCCCCC(=O)NC(COC1OC(CO)C(OC2OC(CO)C(OC3OC(CO)C(O)C(O)C3O)C(O)C2O)C(O)C1O)C(O)/C=C/CC/C=C/CCCCCCCCCCCCCCCCCCCCCC. The average Bonchev–Trinajstić information content (AvgIpc) is 0.788. The van der Waals surface area contributed by atoms with Gasteiger partial charge in [0, 0.05) is 6.42 Å². The van der Waals surface area contributed by atoms with Crippen LogP contribution in [0.25, 0.3) is 0 Å². The molecule has 0 bridgehead atoms. The predicted molar refractivity (Wildman–Crippen MR) is 378 cm³/mol. The number of amides is 1. The minimum Gasteiger partial charge on any atom is -0.394 e. The lowest BCUT2D eigenvalue weighted by atomic mass is 9.96. The van der Waals surface area contributed by atoms with E-state index in [1.54, 1.807) is 6.08 Å². The molecule has 0 aromatic carbocycles. The van der Waals surface area contributed by atoms with Crippen LogP contribution in [0.5, 0.6) is 0 Å². The molecular weight excluding hydrogens is 1230 g/mol. The number of unbranched alkanes of at least 4 members (excludes halogenated alkanes) is 30. The van der Waals surface area contributed by atoms with Gasteiger partial charge in [-0.2, -0.15) is 0 Å². The summed E-state index contributed by atoms with van der Waals surface area (Å²) < 4.78 is 34.4. The molecule has 96 heavy (non-hydrogen) atoms. The van der Waals surface area contributed by atoms with Crippen molar-refractivity contribution in [1.82, 2.24) is 5.32 Å². The number of rotatable bonds is 58. The van der Waals surface area contributed by atoms with Crippen molar-refractivity contribution in [2.24, 2.45) is 0 Å². The second-order valence-electron chi connectivity index (χ2n) is 26.7. The number of hydrogen-bond acceptors (Lipinski definition) is 18. The van der Waals surface area contributed by atoms with Crippen LogP contribution >= 0.6 is 0 Å². The van der Waals surface area contributed by atoms with E-state index in [9.17, 15) is 61.0 Å². The Bertz CT molecular complexity index is 2070. The first kappa shape index (κ1) is 87.2. The molecule has 17 unspecified atom stereocenters. The molecule has 3 aliphatic rings. The molecule has 19 nitrogen and oxygen atoms in total.